The highest BCUT2D eigenvalue weighted by Gasteiger charge is 2.29. The van der Waals surface area contributed by atoms with Crippen LogP contribution in [0.3, 0.4) is 0 Å². The summed E-state index contributed by atoms with van der Waals surface area (Å²) in [6, 6.07) is 8.48. The van der Waals surface area contributed by atoms with Crippen molar-refractivity contribution >= 4 is 38.4 Å². The molecule has 4 rings (SSSR count). The van der Waals surface area contributed by atoms with E-state index in [0.717, 1.165) is 6.07 Å². The molecule has 34 heavy (non-hydrogen) atoms. The molecule has 2 aromatic carbocycles. The molecule has 0 bridgehead atoms. The van der Waals surface area contributed by atoms with Crippen molar-refractivity contribution in [2.75, 3.05) is 29.3 Å². The Bertz CT molecular complexity index is 1400. The first-order chi connectivity index (χ1) is 16.1. The lowest BCUT2D eigenvalue weighted by Crippen LogP contribution is -2.37. The Morgan fingerprint density at radius 1 is 1.12 bits per heavy atom. The van der Waals surface area contributed by atoms with E-state index >= 15 is 0 Å². The van der Waals surface area contributed by atoms with Gasteiger partial charge in [0.1, 0.15) is 10.7 Å². The fraction of sp³-hybridized carbons (Fsp3) is 0.391. The number of carbonyl (C=O) groups excluding carboxylic acids is 1. The number of benzene rings is 2. The lowest BCUT2D eigenvalue weighted by Gasteiger charge is -2.34. The molecule has 0 radical (unpaired) electrons. The minimum absolute atomic E-state index is 0.223. The molecule has 2 heterocycles. The van der Waals surface area contributed by atoms with E-state index in [-0.39, 0.29) is 23.3 Å². The Balaban J connectivity index is 1.76. The molecule has 1 aromatic heterocycles. The van der Waals surface area contributed by atoms with E-state index in [1.807, 2.05) is 4.90 Å². The summed E-state index contributed by atoms with van der Waals surface area (Å²) in [6.07, 6.45) is 1.09. The molecule has 1 aliphatic heterocycles. The predicted molar refractivity (Wildman–Crippen MR) is 127 cm³/mol. The molecule has 1 fully saturated rings. The van der Waals surface area contributed by atoms with Gasteiger partial charge in [-0.1, -0.05) is 12.1 Å². The van der Waals surface area contributed by atoms with Gasteiger partial charge in [-0.15, -0.1) is 0 Å². The van der Waals surface area contributed by atoms with Gasteiger partial charge in [-0.3, -0.25) is 18.7 Å². The number of sulfonamides is 1. The molecule has 11 heteroatoms. The number of halogens is 1. The second-order valence-electron chi connectivity index (χ2n) is 8.31. The maximum Gasteiger partial charge on any atom is 0.328 e. The standard InChI is InChI=1S/C23H27FN4O5S/c1-4-33-22(29)15-9-11-28(12-10-15)18-14-20-19(26(2)23(30)27(20)3)13-17(18)25-34(31,32)21-8-6-5-7-16(21)24/h5-8,13-15,25H,4,9-12H2,1-3H3. The van der Waals surface area contributed by atoms with Gasteiger partial charge in [0.25, 0.3) is 10.0 Å². The van der Waals surface area contributed by atoms with Crippen LogP contribution in [-0.2, 0) is 33.7 Å². The number of nitrogens with zero attached hydrogens (tertiary/aromatic N) is 3. The number of hydrogen-bond acceptors (Lipinski definition) is 6. The molecule has 0 spiro atoms. The number of fused-ring (bicyclic) bond motifs is 1. The monoisotopic (exact) mass is 490 g/mol. The zero-order chi connectivity index (χ0) is 24.6. The minimum Gasteiger partial charge on any atom is -0.466 e. The molecular formula is C23H27FN4O5S. The topological polar surface area (TPSA) is 103 Å². The van der Waals surface area contributed by atoms with E-state index in [2.05, 4.69) is 4.72 Å². The third-order valence-electron chi connectivity index (χ3n) is 6.22. The van der Waals surface area contributed by atoms with E-state index in [1.165, 1.54) is 27.3 Å². The molecule has 0 aliphatic carbocycles. The van der Waals surface area contributed by atoms with Gasteiger partial charge in [0, 0.05) is 27.2 Å². The number of aryl methyl sites for hydroxylation is 2. The molecule has 182 valence electrons. The van der Waals surface area contributed by atoms with Crippen LogP contribution >= 0.6 is 0 Å². The summed E-state index contributed by atoms with van der Waals surface area (Å²) in [5.74, 6) is -1.32. The maximum atomic E-state index is 14.3. The zero-order valence-electron chi connectivity index (χ0n) is 19.2. The first-order valence-electron chi connectivity index (χ1n) is 11.0. The van der Waals surface area contributed by atoms with Gasteiger partial charge in [0.05, 0.1) is 34.9 Å². The Kier molecular flexibility index (Phi) is 6.39. The average molecular weight is 491 g/mol. The third kappa shape index (κ3) is 4.27. The number of hydrogen-bond donors (Lipinski definition) is 1. The maximum absolute atomic E-state index is 14.3. The largest absolute Gasteiger partial charge is 0.466 e. The molecule has 9 nitrogen and oxygen atoms in total. The molecule has 1 N–H and O–H groups in total. The van der Waals surface area contributed by atoms with Crippen LogP contribution in [0.5, 0.6) is 0 Å². The highest BCUT2D eigenvalue weighted by Crippen LogP contribution is 2.35. The Morgan fingerprint density at radius 2 is 1.74 bits per heavy atom. The Morgan fingerprint density at radius 3 is 2.35 bits per heavy atom. The Labute approximate surface area is 196 Å². The van der Waals surface area contributed by atoms with Crippen LogP contribution in [0.2, 0.25) is 0 Å². The summed E-state index contributed by atoms with van der Waals surface area (Å²) in [4.78, 5) is 26.1. The first-order valence-corrected chi connectivity index (χ1v) is 12.5. The summed E-state index contributed by atoms with van der Waals surface area (Å²) in [5, 5.41) is 0. The number of aromatic nitrogens is 2. The van der Waals surface area contributed by atoms with Gasteiger partial charge in [0.2, 0.25) is 0 Å². The number of piperidine rings is 1. The number of esters is 1. The van der Waals surface area contributed by atoms with Crippen LogP contribution in [-0.4, -0.2) is 43.2 Å². The lowest BCUT2D eigenvalue weighted by atomic mass is 9.96. The van der Waals surface area contributed by atoms with Crippen molar-refractivity contribution in [3.63, 3.8) is 0 Å². The first kappa shape index (κ1) is 23.8. The van der Waals surface area contributed by atoms with Crippen molar-refractivity contribution in [3.8, 4) is 0 Å². The van der Waals surface area contributed by atoms with Crippen LogP contribution in [0.4, 0.5) is 15.8 Å². The third-order valence-corrected chi connectivity index (χ3v) is 7.61. The van der Waals surface area contributed by atoms with Crippen LogP contribution < -0.4 is 15.3 Å². The molecule has 0 unspecified atom stereocenters. The van der Waals surface area contributed by atoms with E-state index in [1.54, 1.807) is 33.2 Å². The number of nitrogens with one attached hydrogen (secondary N) is 1. The van der Waals surface area contributed by atoms with E-state index < -0.39 is 20.7 Å². The van der Waals surface area contributed by atoms with Gasteiger partial charge in [-0.25, -0.2) is 17.6 Å². The van der Waals surface area contributed by atoms with E-state index in [9.17, 15) is 22.4 Å². The van der Waals surface area contributed by atoms with Crippen molar-refractivity contribution in [2.24, 2.45) is 20.0 Å². The SMILES string of the molecule is CCOC(=O)C1CCN(c2cc3c(cc2NS(=O)(=O)c2ccccc2F)n(C)c(=O)n3C)CC1. The van der Waals surface area contributed by atoms with E-state index in [4.69, 9.17) is 4.74 Å². The summed E-state index contributed by atoms with van der Waals surface area (Å²) < 4.78 is 51.0. The number of imidazole rings is 1. The summed E-state index contributed by atoms with van der Waals surface area (Å²) in [7, 11) is -0.997. The molecule has 0 atom stereocenters. The highest BCUT2D eigenvalue weighted by atomic mass is 32.2. The molecule has 1 saturated heterocycles. The molecule has 0 amide bonds. The van der Waals surface area contributed by atoms with Gasteiger partial charge >= 0.3 is 11.7 Å². The van der Waals surface area contributed by atoms with Crippen molar-refractivity contribution in [3.05, 3.63) is 52.7 Å². The summed E-state index contributed by atoms with van der Waals surface area (Å²) in [6.45, 7) is 3.06. The second kappa shape index (κ2) is 9.13. The fourth-order valence-corrected chi connectivity index (χ4v) is 5.50. The fourth-order valence-electron chi connectivity index (χ4n) is 4.36. The second-order valence-corrected chi connectivity index (χ2v) is 9.96. The van der Waals surface area contributed by atoms with Gasteiger partial charge in [0.15, 0.2) is 0 Å². The molecule has 0 saturated carbocycles. The molecule has 1 aliphatic rings. The highest BCUT2D eigenvalue weighted by molar-refractivity contribution is 7.92. The zero-order valence-corrected chi connectivity index (χ0v) is 20.1. The smallest absolute Gasteiger partial charge is 0.328 e. The number of anilines is 2. The minimum atomic E-state index is -4.24. The number of carbonyl (C=O) groups is 1. The van der Waals surface area contributed by atoms with Gasteiger partial charge < -0.3 is 9.64 Å². The van der Waals surface area contributed by atoms with Crippen molar-refractivity contribution in [1.82, 2.24) is 9.13 Å². The normalized spacial score (nSPS) is 15.0. The van der Waals surface area contributed by atoms with Crippen LogP contribution in [0.15, 0.2) is 46.1 Å². The summed E-state index contributed by atoms with van der Waals surface area (Å²) in [5.41, 5.74) is 1.69. The number of ether oxygens (including phenoxy) is 1. The average Bonchev–Trinajstić information content (AvgIpc) is 3.02. The van der Waals surface area contributed by atoms with Crippen LogP contribution in [0.25, 0.3) is 11.0 Å². The van der Waals surface area contributed by atoms with Crippen molar-refractivity contribution in [1.29, 1.82) is 0 Å². The molecular weight excluding hydrogens is 463 g/mol. The Hall–Kier alpha value is -3.34. The van der Waals surface area contributed by atoms with Crippen molar-refractivity contribution < 1.29 is 22.3 Å². The van der Waals surface area contributed by atoms with Gasteiger partial charge in [-0.05, 0) is 44.0 Å². The molecule has 3 aromatic rings. The predicted octanol–water partition coefficient (Wildman–Crippen LogP) is 2.60. The van der Waals surface area contributed by atoms with Crippen molar-refractivity contribution in [2.45, 2.75) is 24.7 Å². The summed E-state index contributed by atoms with van der Waals surface area (Å²) >= 11 is 0. The quantitative estimate of drug-likeness (QED) is 0.533. The number of rotatable bonds is 6. The van der Waals surface area contributed by atoms with E-state index in [0.29, 0.717) is 49.3 Å². The lowest BCUT2D eigenvalue weighted by molar-refractivity contribution is -0.148. The van der Waals surface area contributed by atoms with Crippen LogP contribution in [0, 0.1) is 11.7 Å². The van der Waals surface area contributed by atoms with Crippen LogP contribution in [0.1, 0.15) is 19.8 Å². The van der Waals surface area contributed by atoms with Gasteiger partial charge in [-0.2, -0.15) is 0 Å².